The lowest BCUT2D eigenvalue weighted by Crippen LogP contribution is -2.34. The molecule has 0 spiro atoms. The van der Waals surface area contributed by atoms with Crippen LogP contribution >= 0.6 is 0 Å². The van der Waals surface area contributed by atoms with Gasteiger partial charge in [0.25, 0.3) is 0 Å². The quantitative estimate of drug-likeness (QED) is 0.561. The Bertz CT molecular complexity index is 978. The summed E-state index contributed by atoms with van der Waals surface area (Å²) in [6.45, 7) is 23.7. The Balaban J connectivity index is 2.21. The second-order valence-electron chi connectivity index (χ2n) is 6.33. The van der Waals surface area contributed by atoms with Crippen molar-refractivity contribution < 1.29 is 0 Å². The molecule has 2 aliphatic heterocycles. The van der Waals surface area contributed by atoms with E-state index >= 15 is 0 Å². The van der Waals surface area contributed by atoms with Crippen LogP contribution in [0.2, 0.25) is 0 Å². The lowest BCUT2D eigenvalue weighted by Gasteiger charge is -2.09. The van der Waals surface area contributed by atoms with E-state index in [2.05, 4.69) is 72.2 Å². The molecule has 0 atom stereocenters. The minimum atomic E-state index is 0.872. The Kier molecular flexibility index (Phi) is 4.86. The van der Waals surface area contributed by atoms with Crippen LogP contribution in [0, 0.1) is 0 Å². The molecule has 122 valence electrons. The molecule has 0 saturated carbocycles. The van der Waals surface area contributed by atoms with Crippen LogP contribution < -0.4 is 10.9 Å². The summed E-state index contributed by atoms with van der Waals surface area (Å²) in [5.41, 5.74) is 10.9. The summed E-state index contributed by atoms with van der Waals surface area (Å²) in [4.78, 5) is 0. The first kappa shape index (κ1) is 17.8. The van der Waals surface area contributed by atoms with Gasteiger partial charge in [0, 0.05) is 0 Å². The monoisotopic (exact) mass is 330 g/mol. The van der Waals surface area contributed by atoms with Gasteiger partial charge >= 0.3 is 0 Å². The first-order valence-corrected chi connectivity index (χ1v) is 8.45. The molecule has 1 aromatic carbocycles. The van der Waals surface area contributed by atoms with Gasteiger partial charge in [0.05, 0.1) is 0 Å². The molecule has 0 N–H and O–H groups in total. The molecule has 2 heterocycles. The van der Waals surface area contributed by atoms with Crippen LogP contribution in [0.4, 0.5) is 0 Å². The maximum atomic E-state index is 4.19. The van der Waals surface area contributed by atoms with E-state index in [4.69, 9.17) is 0 Å². The zero-order valence-electron chi connectivity index (χ0n) is 15.0. The van der Waals surface area contributed by atoms with E-state index in [-0.39, 0.29) is 0 Å². The highest BCUT2D eigenvalue weighted by Gasteiger charge is 2.30. The van der Waals surface area contributed by atoms with Crippen molar-refractivity contribution in [3.63, 3.8) is 0 Å². The fourth-order valence-corrected chi connectivity index (χ4v) is 3.33. The topological polar surface area (TPSA) is 0 Å². The Morgan fingerprint density at radius 2 is 1.38 bits per heavy atom. The standard InChI is InChI=1S/C24H20B2/c1-7-10-18-17(6)25-23-19(18)11-12-20-21(13-15(4)8-2)22(26-24(20)23)14-16(5)9-3/h7-14H,1-6H2/b18-10+,21-13-,22-14+. The van der Waals surface area contributed by atoms with Gasteiger partial charge in [-0.05, 0) is 39.5 Å². The summed E-state index contributed by atoms with van der Waals surface area (Å²) in [6, 6.07) is 4.32. The SMILES string of the molecule is C=C/C=C1\C(=C)[B]c2c1ccc1c2[B]C(=C/C(=C)C=C)/C1=C\C(=C)C=C. The summed E-state index contributed by atoms with van der Waals surface area (Å²) in [6.07, 6.45) is 11.4. The second-order valence-corrected chi connectivity index (χ2v) is 6.33. The van der Waals surface area contributed by atoms with Crippen molar-refractivity contribution in [1.82, 2.24) is 0 Å². The van der Waals surface area contributed by atoms with E-state index in [1.807, 2.05) is 12.2 Å². The third-order valence-electron chi connectivity index (χ3n) is 4.62. The molecule has 1 aromatic rings. The predicted molar refractivity (Wildman–Crippen MR) is 119 cm³/mol. The highest BCUT2D eigenvalue weighted by atomic mass is 14.2. The summed E-state index contributed by atoms with van der Waals surface area (Å²) < 4.78 is 0. The highest BCUT2D eigenvalue weighted by molar-refractivity contribution is 6.80. The van der Waals surface area contributed by atoms with Crippen LogP contribution in [0.15, 0.2) is 110 Å². The molecule has 0 saturated heterocycles. The molecule has 0 aliphatic carbocycles. The molecule has 2 radical (unpaired) electrons. The molecule has 3 rings (SSSR count). The van der Waals surface area contributed by atoms with E-state index in [0.717, 1.165) is 33.2 Å². The fourth-order valence-electron chi connectivity index (χ4n) is 3.33. The number of hydrogen-bond donors (Lipinski definition) is 0. The van der Waals surface area contributed by atoms with Crippen molar-refractivity contribution in [2.45, 2.75) is 0 Å². The first-order valence-electron chi connectivity index (χ1n) is 8.45. The Morgan fingerprint density at radius 1 is 0.808 bits per heavy atom. The molecule has 0 fully saturated rings. The van der Waals surface area contributed by atoms with Gasteiger partial charge in [-0.3, -0.25) is 0 Å². The van der Waals surface area contributed by atoms with Crippen LogP contribution in [-0.4, -0.2) is 14.6 Å². The van der Waals surface area contributed by atoms with Gasteiger partial charge in [-0.25, -0.2) is 0 Å². The molecule has 2 aliphatic rings. The third kappa shape index (κ3) is 2.99. The van der Waals surface area contributed by atoms with Gasteiger partial charge in [0.2, 0.25) is 0 Å². The zero-order valence-corrected chi connectivity index (χ0v) is 15.0. The number of benzene rings is 1. The van der Waals surface area contributed by atoms with Crippen molar-refractivity contribution in [2.75, 3.05) is 0 Å². The minimum absolute atomic E-state index is 0.872. The van der Waals surface area contributed by atoms with Gasteiger partial charge in [0.15, 0.2) is 14.6 Å². The molecular weight excluding hydrogens is 310 g/mol. The van der Waals surface area contributed by atoms with Crippen LogP contribution in [0.1, 0.15) is 11.1 Å². The maximum Gasteiger partial charge on any atom is 0.192 e. The fraction of sp³-hybridized carbons (Fsp3) is 0. The Labute approximate surface area is 158 Å². The summed E-state index contributed by atoms with van der Waals surface area (Å²) >= 11 is 0. The first-order chi connectivity index (χ1) is 12.5. The average molecular weight is 330 g/mol. The molecule has 0 unspecified atom stereocenters. The van der Waals surface area contributed by atoms with E-state index in [0.29, 0.717) is 0 Å². The molecule has 0 nitrogen and oxygen atoms in total. The summed E-state index contributed by atoms with van der Waals surface area (Å²) in [5, 5.41) is 0. The third-order valence-corrected chi connectivity index (χ3v) is 4.62. The molecule has 0 bridgehead atoms. The Hall–Kier alpha value is -2.99. The minimum Gasteiger partial charge on any atom is -0.104 e. The van der Waals surface area contributed by atoms with Crippen LogP contribution in [-0.2, 0) is 0 Å². The Morgan fingerprint density at radius 3 is 2.00 bits per heavy atom. The van der Waals surface area contributed by atoms with Crippen LogP contribution in [0.3, 0.4) is 0 Å². The largest absolute Gasteiger partial charge is 0.192 e. The highest BCUT2D eigenvalue weighted by Crippen LogP contribution is 2.33. The van der Waals surface area contributed by atoms with E-state index in [9.17, 15) is 0 Å². The van der Waals surface area contributed by atoms with E-state index < -0.39 is 0 Å². The van der Waals surface area contributed by atoms with Crippen molar-refractivity contribution in [3.8, 4) is 0 Å². The number of fused-ring (bicyclic) bond motifs is 3. The van der Waals surface area contributed by atoms with Gasteiger partial charge in [0.1, 0.15) is 0 Å². The van der Waals surface area contributed by atoms with Crippen molar-refractivity contribution in [2.24, 2.45) is 0 Å². The molecule has 0 amide bonds. The summed E-state index contributed by atoms with van der Waals surface area (Å²) in [5.74, 6) is 0. The number of hydrogen-bond acceptors (Lipinski definition) is 0. The van der Waals surface area contributed by atoms with Crippen molar-refractivity contribution >= 4 is 36.6 Å². The lowest BCUT2D eigenvalue weighted by molar-refractivity contribution is 1.64. The van der Waals surface area contributed by atoms with Gasteiger partial charge in [-0.1, -0.05) is 97.3 Å². The molecule has 2 heteroatoms. The van der Waals surface area contributed by atoms with Gasteiger partial charge < -0.3 is 0 Å². The average Bonchev–Trinajstić information content (AvgIpc) is 3.13. The predicted octanol–water partition coefficient (Wildman–Crippen LogP) is 4.21. The van der Waals surface area contributed by atoms with Crippen molar-refractivity contribution in [1.29, 1.82) is 0 Å². The second kappa shape index (κ2) is 7.09. The molecule has 0 aromatic heterocycles. The van der Waals surface area contributed by atoms with Gasteiger partial charge in [-0.15, -0.1) is 6.58 Å². The number of allylic oxidation sites excluding steroid dienone is 12. The zero-order chi connectivity index (χ0) is 18.8. The number of rotatable bonds is 5. The van der Waals surface area contributed by atoms with E-state index in [1.54, 1.807) is 18.2 Å². The van der Waals surface area contributed by atoms with Crippen LogP contribution in [0.5, 0.6) is 0 Å². The molecule has 26 heavy (non-hydrogen) atoms. The molecular formula is C24H20B2. The van der Waals surface area contributed by atoms with Gasteiger partial charge in [-0.2, -0.15) is 0 Å². The normalized spacial score (nSPS) is 18.9. The smallest absolute Gasteiger partial charge is 0.104 e. The van der Waals surface area contributed by atoms with E-state index in [1.165, 1.54) is 22.1 Å². The van der Waals surface area contributed by atoms with Crippen LogP contribution in [0.25, 0.3) is 11.1 Å². The van der Waals surface area contributed by atoms with Crippen molar-refractivity contribution in [3.05, 3.63) is 121 Å². The maximum absolute atomic E-state index is 4.19. The summed E-state index contributed by atoms with van der Waals surface area (Å²) in [7, 11) is 4.34. The lowest BCUT2D eigenvalue weighted by atomic mass is 9.57.